The normalized spacial score (nSPS) is 26.8. The first-order valence-corrected chi connectivity index (χ1v) is 32.1. The predicted molar refractivity (Wildman–Crippen MR) is 322 cm³/mol. The molecule has 0 radical (unpaired) electrons. The van der Waals surface area contributed by atoms with Crippen molar-refractivity contribution in [2.45, 2.75) is 214 Å². The van der Waals surface area contributed by atoms with Crippen molar-refractivity contribution in [2.24, 2.45) is 0 Å². The number of ether oxygens (including phenoxy) is 9. The molecule has 18 N–H and O–H groups in total. The Morgan fingerprint density at radius 3 is 0.989 bits per heavy atom. The number of aliphatic hydroxyl groups excluding tert-OH is 12. The first kappa shape index (κ1) is 83.5. The number of nitrogens with one attached hydrogen (secondary N) is 6. The number of amides is 6. The quantitative estimate of drug-likeness (QED) is 0.0252. The van der Waals surface area contributed by atoms with Gasteiger partial charge in [0.15, 0.2) is 18.9 Å². The summed E-state index contributed by atoms with van der Waals surface area (Å²) in [6.45, 7) is -0.742. The lowest BCUT2D eigenvalue weighted by Crippen LogP contribution is -2.59. The molecule has 3 fully saturated rings. The van der Waals surface area contributed by atoms with Gasteiger partial charge in [-0.05, 0) is 58.3 Å². The third-order valence-corrected chi connectivity index (χ3v) is 15.2. The average Bonchev–Trinajstić information content (AvgIpc) is 0.974. The minimum Gasteiger partial charge on any atom is -0.394 e. The van der Waals surface area contributed by atoms with Crippen molar-refractivity contribution in [1.82, 2.24) is 31.9 Å². The fourth-order valence-corrected chi connectivity index (χ4v) is 9.67. The van der Waals surface area contributed by atoms with Gasteiger partial charge in [-0.15, -0.1) is 0 Å². The molecular formula is C59H104N6O29. The zero-order valence-electron chi connectivity index (χ0n) is 53.5. The van der Waals surface area contributed by atoms with E-state index in [0.29, 0.717) is 25.7 Å². The largest absolute Gasteiger partial charge is 0.394 e. The highest BCUT2D eigenvalue weighted by Crippen LogP contribution is 2.25. The third kappa shape index (κ3) is 32.6. The van der Waals surface area contributed by atoms with Gasteiger partial charge in [-0.1, -0.05) is 0 Å². The summed E-state index contributed by atoms with van der Waals surface area (Å²) < 4.78 is 50.0. The lowest BCUT2D eigenvalue weighted by Gasteiger charge is -2.39. The van der Waals surface area contributed by atoms with E-state index in [1.165, 1.54) is 6.92 Å². The molecule has 3 heterocycles. The molecular weight excluding hydrogens is 1260 g/mol. The van der Waals surface area contributed by atoms with Crippen LogP contribution in [-0.4, -0.2) is 318 Å². The summed E-state index contributed by atoms with van der Waals surface area (Å²) >= 11 is 0. The Labute approximate surface area is 545 Å². The number of Topliss-reactive ketones (excluding diaryl/α,β-unsaturated/α-hetero) is 2. The molecule has 35 heteroatoms. The minimum atomic E-state index is -1.60. The molecule has 0 aromatic rings. The second-order valence-corrected chi connectivity index (χ2v) is 23.3. The number of carbonyl (C=O) groups is 8. The molecule has 3 aliphatic heterocycles. The van der Waals surface area contributed by atoms with Crippen molar-refractivity contribution in [3.8, 4) is 0 Å². The van der Waals surface area contributed by atoms with Gasteiger partial charge in [-0.2, -0.15) is 0 Å². The van der Waals surface area contributed by atoms with Crippen LogP contribution in [0.25, 0.3) is 0 Å². The second-order valence-electron chi connectivity index (χ2n) is 23.3. The van der Waals surface area contributed by atoms with Gasteiger partial charge in [0.2, 0.25) is 35.4 Å². The number of carbonyl (C=O) groups excluding carboxylic acids is 8. The van der Waals surface area contributed by atoms with E-state index in [1.807, 2.05) is 0 Å². The molecule has 0 aromatic heterocycles. The highest BCUT2D eigenvalue weighted by atomic mass is 16.7. The standard InChI is InChI=1S/C59H104N6O29/c1-36(69)10-4-13-46(76)65-59(33-86-27-16-43(73)60-19-3-2-11-37(70)12-5-24-89-56-53(83)50(80)47(77)38(30-66)92-56,34-87-28-17-44(74)63-22-8-20-61-41(71)14-6-25-90-57-54(84)51(81)48(78)39(31-67)93-57)35-88-29-18-45(75)64-23-9-21-62-42(72)15-7-26-91-58-55(85)52(82)49(79)40(32-68)94-58/h38-40,47-58,66-68,77-85H,2-35H2,1H3,(H,60,73)(H,61,71)(H,62,72)(H,63,74)(H,64,75)(H,65,76)/t38?,39?,40?,47-,48-,49-,50+,51+,52+,53?,54?,55?,56-,57-,58-,59?/m1/s1. The molecule has 6 amide bonds. The van der Waals surface area contributed by atoms with Gasteiger partial charge >= 0.3 is 0 Å². The molecule has 0 aliphatic carbocycles. The fourth-order valence-electron chi connectivity index (χ4n) is 9.67. The van der Waals surface area contributed by atoms with Gasteiger partial charge in [0.25, 0.3) is 0 Å². The molecule has 544 valence electrons. The predicted octanol–water partition coefficient (Wildman–Crippen LogP) is -7.29. The average molecular weight is 1360 g/mol. The third-order valence-electron chi connectivity index (χ3n) is 15.2. The summed E-state index contributed by atoms with van der Waals surface area (Å²) in [6.07, 6.45) is -18.7. The second kappa shape index (κ2) is 47.3. The van der Waals surface area contributed by atoms with Crippen LogP contribution in [0.5, 0.6) is 0 Å². The summed E-state index contributed by atoms with van der Waals surface area (Å²) in [5, 5.41) is 135. The van der Waals surface area contributed by atoms with E-state index < -0.39 is 135 Å². The maximum absolute atomic E-state index is 13.5. The number of ketones is 2. The van der Waals surface area contributed by atoms with E-state index in [2.05, 4.69) is 31.9 Å². The van der Waals surface area contributed by atoms with Crippen LogP contribution in [-0.2, 0) is 81.0 Å². The molecule has 94 heavy (non-hydrogen) atoms. The van der Waals surface area contributed by atoms with Crippen LogP contribution in [0.15, 0.2) is 0 Å². The van der Waals surface area contributed by atoms with Crippen LogP contribution in [0.2, 0.25) is 0 Å². The smallest absolute Gasteiger partial charge is 0.222 e. The van der Waals surface area contributed by atoms with Crippen LogP contribution < -0.4 is 31.9 Å². The Bertz CT molecular complexity index is 2000. The van der Waals surface area contributed by atoms with Gasteiger partial charge in [0.1, 0.15) is 90.4 Å². The Balaban J connectivity index is 1.47. The molecule has 3 aliphatic rings. The van der Waals surface area contributed by atoms with Gasteiger partial charge in [-0.3, -0.25) is 33.6 Å². The van der Waals surface area contributed by atoms with E-state index >= 15 is 0 Å². The zero-order valence-corrected chi connectivity index (χ0v) is 53.5. The monoisotopic (exact) mass is 1360 g/mol. The molecule has 0 bridgehead atoms. The van der Waals surface area contributed by atoms with Crippen molar-refractivity contribution >= 4 is 47.0 Å². The van der Waals surface area contributed by atoms with E-state index in [1.54, 1.807) is 0 Å². The molecule has 6 unspecified atom stereocenters. The van der Waals surface area contributed by atoms with E-state index in [9.17, 15) is 99.6 Å². The van der Waals surface area contributed by atoms with Crippen molar-refractivity contribution in [1.29, 1.82) is 0 Å². The van der Waals surface area contributed by atoms with Gasteiger partial charge in [0.05, 0.1) is 79.3 Å². The van der Waals surface area contributed by atoms with Crippen molar-refractivity contribution in [2.75, 3.05) is 112 Å². The number of rotatable bonds is 51. The van der Waals surface area contributed by atoms with Crippen LogP contribution in [0.4, 0.5) is 0 Å². The first-order chi connectivity index (χ1) is 45.0. The molecule has 3 rings (SSSR count). The van der Waals surface area contributed by atoms with Crippen molar-refractivity contribution in [3.05, 3.63) is 0 Å². The summed E-state index contributed by atoms with van der Waals surface area (Å²) in [5.41, 5.74) is -1.45. The molecule has 35 nitrogen and oxygen atoms in total. The highest BCUT2D eigenvalue weighted by molar-refractivity contribution is 5.80. The summed E-state index contributed by atoms with van der Waals surface area (Å²) in [7, 11) is 0. The van der Waals surface area contributed by atoms with E-state index in [0.717, 1.165) is 0 Å². The Morgan fingerprint density at radius 1 is 0.340 bits per heavy atom. The van der Waals surface area contributed by atoms with Gasteiger partial charge in [0, 0.05) is 90.5 Å². The highest BCUT2D eigenvalue weighted by Gasteiger charge is 2.46. The van der Waals surface area contributed by atoms with Crippen molar-refractivity contribution < 1.29 is 142 Å². The van der Waals surface area contributed by atoms with E-state index in [-0.39, 0.29) is 205 Å². The minimum absolute atomic E-state index is 0.00207. The van der Waals surface area contributed by atoms with E-state index in [4.69, 9.17) is 42.6 Å². The Hall–Kier alpha value is -4.68. The maximum Gasteiger partial charge on any atom is 0.222 e. The molecule has 0 saturated carbocycles. The van der Waals surface area contributed by atoms with Crippen LogP contribution in [0.1, 0.15) is 116 Å². The molecule has 15 atom stereocenters. The molecule has 0 aromatic carbocycles. The van der Waals surface area contributed by atoms with Gasteiger partial charge in [-0.25, -0.2) is 0 Å². The fraction of sp³-hybridized carbons (Fsp3) is 0.864. The molecule has 3 saturated heterocycles. The summed E-state index contributed by atoms with van der Waals surface area (Å²) in [5.74, 6) is -2.51. The lowest BCUT2D eigenvalue weighted by atomic mass is 9.99. The van der Waals surface area contributed by atoms with Gasteiger partial charge < -0.3 is 141 Å². The summed E-state index contributed by atoms with van der Waals surface area (Å²) in [4.78, 5) is 101. The maximum atomic E-state index is 13.5. The van der Waals surface area contributed by atoms with Crippen LogP contribution in [0.3, 0.4) is 0 Å². The first-order valence-electron chi connectivity index (χ1n) is 32.1. The van der Waals surface area contributed by atoms with Crippen LogP contribution >= 0.6 is 0 Å². The lowest BCUT2D eigenvalue weighted by molar-refractivity contribution is -0.301. The van der Waals surface area contributed by atoms with Crippen LogP contribution in [0, 0.1) is 0 Å². The molecule has 0 spiro atoms. The number of unbranched alkanes of at least 4 members (excludes halogenated alkanes) is 1. The number of hydrogen-bond acceptors (Lipinski definition) is 29. The summed E-state index contributed by atoms with van der Waals surface area (Å²) in [6, 6.07) is 0. The SMILES string of the molecule is CC(=O)CCCC(=O)NC(COCCC(=O)NCCCCC(=O)CCCO[C@@H]1OC(CO)[C@@H](O)[C@H](O)C1O)(COCCC(=O)NCCCNC(=O)CCCO[C@@H]1OC(CO)[C@@H](O)[C@H](O)C1O)COCCC(=O)NCCCNC(=O)CCCO[C@@H]1OC(CO)[C@@H](O)[C@H](O)C1O. The van der Waals surface area contributed by atoms with Crippen molar-refractivity contribution in [3.63, 3.8) is 0 Å². The number of aliphatic hydroxyl groups is 12. The number of hydrogen-bond donors (Lipinski definition) is 18. The zero-order chi connectivity index (χ0) is 69.4. The Morgan fingerprint density at radius 2 is 0.649 bits per heavy atom. The topological polar surface area (TPSA) is 535 Å². The Kier molecular flexibility index (Phi) is 42.0.